The monoisotopic (exact) mass is 465 g/mol. The summed E-state index contributed by atoms with van der Waals surface area (Å²) in [5.41, 5.74) is -0.627. The molecule has 1 aromatic carbocycles. The highest BCUT2D eigenvalue weighted by Crippen LogP contribution is 2.60. The van der Waals surface area contributed by atoms with Gasteiger partial charge in [0.15, 0.2) is 12.4 Å². The normalized spacial score (nSPS) is 28.3. The van der Waals surface area contributed by atoms with Gasteiger partial charge in [0.2, 0.25) is 10.0 Å². The zero-order valence-electron chi connectivity index (χ0n) is 17.8. The number of carbonyl (C=O) groups excluding carboxylic acids is 2. The van der Waals surface area contributed by atoms with E-state index in [1.54, 1.807) is 0 Å². The van der Waals surface area contributed by atoms with Crippen LogP contribution in [0.3, 0.4) is 0 Å². The summed E-state index contributed by atoms with van der Waals surface area (Å²) in [6, 6.07) is 3.38. The lowest BCUT2D eigenvalue weighted by molar-refractivity contribution is -0.384. The van der Waals surface area contributed by atoms with Gasteiger partial charge in [0.05, 0.1) is 9.82 Å². The van der Waals surface area contributed by atoms with Crippen LogP contribution in [0.4, 0.5) is 11.4 Å². The fourth-order valence-corrected chi connectivity index (χ4v) is 7.07. The maximum absolute atomic E-state index is 12.9. The van der Waals surface area contributed by atoms with Crippen LogP contribution in [0.15, 0.2) is 23.1 Å². The first-order valence-corrected chi connectivity index (χ1v) is 12.2. The molecule has 10 nitrogen and oxygen atoms in total. The van der Waals surface area contributed by atoms with Crippen molar-refractivity contribution >= 4 is 33.2 Å². The van der Waals surface area contributed by atoms with E-state index < -0.39 is 33.1 Å². The van der Waals surface area contributed by atoms with Crippen LogP contribution in [0.1, 0.15) is 38.5 Å². The zero-order valence-corrected chi connectivity index (χ0v) is 18.7. The second-order valence-corrected chi connectivity index (χ2v) is 11.1. The van der Waals surface area contributed by atoms with Crippen LogP contribution in [0.5, 0.6) is 0 Å². The van der Waals surface area contributed by atoms with Crippen LogP contribution >= 0.6 is 0 Å². The number of Topliss-reactive ketones (excluding diaryl/α,β-unsaturated/α-hetero) is 1. The van der Waals surface area contributed by atoms with Gasteiger partial charge >= 0.3 is 5.97 Å². The summed E-state index contributed by atoms with van der Waals surface area (Å²) in [4.78, 5) is 35.1. The number of sulfonamides is 1. The molecule has 174 valence electrons. The van der Waals surface area contributed by atoms with Crippen LogP contribution in [0, 0.1) is 33.3 Å². The number of carbonyl (C=O) groups is 2. The van der Waals surface area contributed by atoms with Gasteiger partial charge in [-0.1, -0.05) is 0 Å². The van der Waals surface area contributed by atoms with E-state index in [1.165, 1.54) is 38.4 Å². The third kappa shape index (κ3) is 4.36. The SMILES string of the molecule is CNc1ccc(S(=O)(=O)NCC(=O)OCC(=O)C23CC4CC(CC(C4)C2)C3)cc1[N+](=O)[O-]. The van der Waals surface area contributed by atoms with E-state index in [9.17, 15) is 28.1 Å². The number of nitro groups is 1. The van der Waals surface area contributed by atoms with Crippen molar-refractivity contribution in [3.05, 3.63) is 28.3 Å². The first-order chi connectivity index (χ1) is 15.1. The van der Waals surface area contributed by atoms with Crippen molar-refractivity contribution in [1.82, 2.24) is 4.72 Å². The molecule has 4 saturated carbocycles. The van der Waals surface area contributed by atoms with Gasteiger partial charge < -0.3 is 10.1 Å². The number of hydrogen-bond donors (Lipinski definition) is 2. The van der Waals surface area contributed by atoms with Crippen LogP contribution < -0.4 is 10.0 Å². The molecule has 2 N–H and O–H groups in total. The smallest absolute Gasteiger partial charge is 0.321 e. The van der Waals surface area contributed by atoms with Crippen molar-refractivity contribution in [3.63, 3.8) is 0 Å². The quantitative estimate of drug-likeness (QED) is 0.321. The Morgan fingerprint density at radius 3 is 2.28 bits per heavy atom. The molecule has 4 aliphatic rings. The molecule has 0 heterocycles. The number of benzene rings is 1. The fraction of sp³-hybridized carbons (Fsp3) is 0.619. The van der Waals surface area contributed by atoms with E-state index >= 15 is 0 Å². The van der Waals surface area contributed by atoms with Crippen molar-refractivity contribution in [3.8, 4) is 0 Å². The summed E-state index contributed by atoms with van der Waals surface area (Å²) >= 11 is 0. The maximum atomic E-state index is 12.9. The van der Waals surface area contributed by atoms with Crippen molar-refractivity contribution in [2.24, 2.45) is 23.2 Å². The van der Waals surface area contributed by atoms with Crippen molar-refractivity contribution in [2.45, 2.75) is 43.4 Å². The van der Waals surface area contributed by atoms with Crippen molar-refractivity contribution in [1.29, 1.82) is 0 Å². The Bertz CT molecular complexity index is 1020. The van der Waals surface area contributed by atoms with Crippen LogP contribution in [0.25, 0.3) is 0 Å². The molecule has 0 aromatic heterocycles. The third-order valence-electron chi connectivity index (χ3n) is 7.15. The Morgan fingerprint density at radius 1 is 1.16 bits per heavy atom. The van der Waals surface area contributed by atoms with Crippen LogP contribution in [-0.2, 0) is 24.3 Å². The van der Waals surface area contributed by atoms with Gasteiger partial charge in [0.25, 0.3) is 5.69 Å². The number of nitro benzene ring substituents is 1. The average Bonchev–Trinajstić information content (AvgIpc) is 2.74. The number of anilines is 1. The number of nitrogens with one attached hydrogen (secondary N) is 2. The summed E-state index contributed by atoms with van der Waals surface area (Å²) in [6.45, 7) is -1.02. The molecule has 0 aliphatic heterocycles. The van der Waals surface area contributed by atoms with E-state index in [0.717, 1.165) is 25.3 Å². The first-order valence-electron chi connectivity index (χ1n) is 10.8. The number of rotatable bonds is 9. The van der Waals surface area contributed by atoms with E-state index in [-0.39, 0.29) is 28.4 Å². The van der Waals surface area contributed by atoms with Gasteiger partial charge in [0, 0.05) is 18.5 Å². The minimum absolute atomic E-state index is 0.0638. The van der Waals surface area contributed by atoms with E-state index in [2.05, 4.69) is 10.0 Å². The molecule has 0 atom stereocenters. The maximum Gasteiger partial charge on any atom is 0.321 e. The summed E-state index contributed by atoms with van der Waals surface area (Å²) in [7, 11) is -2.70. The van der Waals surface area contributed by atoms with Gasteiger partial charge in [-0.15, -0.1) is 0 Å². The molecule has 4 fully saturated rings. The highest BCUT2D eigenvalue weighted by atomic mass is 32.2. The number of hydrogen-bond acceptors (Lipinski definition) is 8. The predicted molar refractivity (Wildman–Crippen MR) is 114 cm³/mol. The lowest BCUT2D eigenvalue weighted by atomic mass is 9.48. The molecule has 0 amide bonds. The van der Waals surface area contributed by atoms with E-state index in [4.69, 9.17) is 4.74 Å². The summed E-state index contributed by atoms with van der Waals surface area (Å²) in [5, 5.41) is 13.8. The lowest BCUT2D eigenvalue weighted by Gasteiger charge is -2.55. The summed E-state index contributed by atoms with van der Waals surface area (Å²) in [6.07, 6.45) is 6.18. The largest absolute Gasteiger partial charge is 0.457 e. The number of esters is 1. The molecule has 0 spiro atoms. The van der Waals surface area contributed by atoms with E-state index in [0.29, 0.717) is 17.8 Å². The van der Waals surface area contributed by atoms with Gasteiger partial charge in [0.1, 0.15) is 12.2 Å². The molecule has 5 rings (SSSR count). The lowest BCUT2D eigenvalue weighted by Crippen LogP contribution is -2.51. The molecule has 11 heteroatoms. The minimum atomic E-state index is -4.18. The van der Waals surface area contributed by atoms with Crippen molar-refractivity contribution in [2.75, 3.05) is 25.5 Å². The highest BCUT2D eigenvalue weighted by molar-refractivity contribution is 7.89. The average molecular weight is 466 g/mol. The number of nitrogens with zero attached hydrogens (tertiary/aromatic N) is 1. The standard InChI is InChI=1S/C21H27N3O7S/c1-22-17-3-2-16(7-18(17)24(27)28)32(29,30)23-11-20(26)31-12-19(25)21-8-13-4-14(9-21)6-15(5-13)10-21/h2-3,7,13-15,22-23H,4-6,8-12H2,1H3. The van der Waals surface area contributed by atoms with Crippen LogP contribution in [-0.4, -0.2) is 45.3 Å². The molecule has 32 heavy (non-hydrogen) atoms. The zero-order chi connectivity index (χ0) is 23.1. The molecule has 4 bridgehead atoms. The van der Waals surface area contributed by atoms with Crippen molar-refractivity contribution < 1.29 is 27.7 Å². The first kappa shape index (κ1) is 22.7. The molecule has 0 radical (unpaired) electrons. The molecule has 0 saturated heterocycles. The Hall–Kier alpha value is -2.53. The van der Waals surface area contributed by atoms with Gasteiger partial charge in [-0.05, 0) is 68.4 Å². The molecule has 1 aromatic rings. The third-order valence-corrected chi connectivity index (χ3v) is 8.54. The van der Waals surface area contributed by atoms with Crippen LogP contribution in [0.2, 0.25) is 0 Å². The second-order valence-electron chi connectivity index (χ2n) is 9.29. The second kappa shape index (κ2) is 8.43. The molecule has 4 aliphatic carbocycles. The minimum Gasteiger partial charge on any atom is -0.457 e. The molecular weight excluding hydrogens is 438 g/mol. The topological polar surface area (TPSA) is 145 Å². The Balaban J connectivity index is 1.32. The Morgan fingerprint density at radius 2 is 1.75 bits per heavy atom. The van der Waals surface area contributed by atoms with Gasteiger partial charge in [-0.25, -0.2) is 8.42 Å². The van der Waals surface area contributed by atoms with E-state index in [1.807, 2.05) is 0 Å². The predicted octanol–water partition coefficient (Wildman–Crippen LogP) is 2.24. The van der Waals surface area contributed by atoms with Gasteiger partial charge in [-0.2, -0.15) is 4.72 Å². The fourth-order valence-electron chi connectivity index (χ4n) is 6.08. The number of ether oxygens (including phenoxy) is 1. The highest BCUT2D eigenvalue weighted by Gasteiger charge is 2.54. The Labute approximate surface area is 186 Å². The molecule has 0 unspecified atom stereocenters. The number of ketones is 1. The molecular formula is C21H27N3O7S. The summed E-state index contributed by atoms with van der Waals surface area (Å²) in [5.74, 6) is 0.835. The van der Waals surface area contributed by atoms with Gasteiger partial charge in [-0.3, -0.25) is 19.7 Å². The summed E-state index contributed by atoms with van der Waals surface area (Å²) < 4.78 is 32.1. The Kier molecular flexibility index (Phi) is 5.97.